The van der Waals surface area contributed by atoms with Crippen LogP contribution in [0.3, 0.4) is 0 Å². The summed E-state index contributed by atoms with van der Waals surface area (Å²) in [6.45, 7) is 3.64. The Labute approximate surface area is 79.4 Å². The summed E-state index contributed by atoms with van der Waals surface area (Å²) in [5.74, 6) is 0. The highest BCUT2D eigenvalue weighted by Gasteiger charge is 2.11. The normalized spacial score (nSPS) is 11.6. The third-order valence-electron chi connectivity index (χ3n) is 1.98. The van der Waals surface area contributed by atoms with E-state index in [0.29, 0.717) is 0 Å². The zero-order chi connectivity index (χ0) is 9.90. The van der Waals surface area contributed by atoms with Gasteiger partial charge in [0.15, 0.2) is 0 Å². The Morgan fingerprint density at radius 3 is 2.62 bits per heavy atom. The summed E-state index contributed by atoms with van der Waals surface area (Å²) in [6.07, 6.45) is 1.63. The van der Waals surface area contributed by atoms with E-state index in [2.05, 4.69) is 0 Å². The Morgan fingerprint density at radius 1 is 1.38 bits per heavy atom. The largest absolute Gasteiger partial charge is 0.399 e. The van der Waals surface area contributed by atoms with Gasteiger partial charge in [0.1, 0.15) is 0 Å². The monoisotopic (exact) mass is 179 g/mol. The van der Waals surface area contributed by atoms with E-state index in [4.69, 9.17) is 5.73 Å². The second-order valence-electron chi connectivity index (χ2n) is 4.06. The molecule has 0 fully saturated rings. The Morgan fingerprint density at radius 2 is 2.08 bits per heavy atom. The maximum Gasteiger partial charge on any atom is 0.0594 e. The minimum atomic E-state index is -0.593. The van der Waals surface area contributed by atoms with E-state index < -0.39 is 5.60 Å². The maximum atomic E-state index is 9.52. The summed E-state index contributed by atoms with van der Waals surface area (Å²) in [6, 6.07) is 7.79. The van der Waals surface area contributed by atoms with Crippen molar-refractivity contribution in [3.05, 3.63) is 29.8 Å². The first-order valence-corrected chi connectivity index (χ1v) is 4.54. The summed E-state index contributed by atoms with van der Waals surface area (Å²) in [4.78, 5) is 0. The second kappa shape index (κ2) is 3.79. The molecular formula is C11H17NO. The zero-order valence-corrected chi connectivity index (χ0v) is 8.25. The van der Waals surface area contributed by atoms with Crippen LogP contribution in [0, 0.1) is 0 Å². The van der Waals surface area contributed by atoms with Gasteiger partial charge in [-0.15, -0.1) is 0 Å². The Bertz CT molecular complexity index is 276. The van der Waals surface area contributed by atoms with Crippen LogP contribution < -0.4 is 5.73 Å². The van der Waals surface area contributed by atoms with Crippen molar-refractivity contribution in [3.63, 3.8) is 0 Å². The standard InChI is InChI=1S/C11H17NO/c1-11(2,13)7-6-9-4-3-5-10(12)8-9/h3-5,8,13H,6-7,12H2,1-2H3. The Hall–Kier alpha value is -1.02. The number of rotatable bonds is 3. The molecule has 3 N–H and O–H groups in total. The van der Waals surface area contributed by atoms with Crippen LogP contribution in [0.25, 0.3) is 0 Å². The number of benzene rings is 1. The molecule has 1 aromatic rings. The molecule has 2 nitrogen and oxygen atoms in total. The Balaban J connectivity index is 2.55. The number of nitrogen functional groups attached to an aromatic ring is 1. The summed E-state index contributed by atoms with van der Waals surface area (Å²) >= 11 is 0. The average molecular weight is 179 g/mol. The second-order valence-corrected chi connectivity index (χ2v) is 4.06. The van der Waals surface area contributed by atoms with E-state index >= 15 is 0 Å². The molecule has 0 radical (unpaired) electrons. The first-order chi connectivity index (χ1) is 5.97. The van der Waals surface area contributed by atoms with E-state index in [1.807, 2.05) is 38.1 Å². The van der Waals surface area contributed by atoms with Crippen LogP contribution in [0.1, 0.15) is 25.8 Å². The fourth-order valence-corrected chi connectivity index (χ4v) is 1.20. The van der Waals surface area contributed by atoms with E-state index in [0.717, 1.165) is 18.5 Å². The number of aliphatic hydroxyl groups is 1. The van der Waals surface area contributed by atoms with E-state index in [1.54, 1.807) is 0 Å². The van der Waals surface area contributed by atoms with Crippen LogP contribution in [-0.4, -0.2) is 10.7 Å². The third-order valence-corrected chi connectivity index (χ3v) is 1.98. The van der Waals surface area contributed by atoms with E-state index in [-0.39, 0.29) is 0 Å². The van der Waals surface area contributed by atoms with Gasteiger partial charge in [-0.25, -0.2) is 0 Å². The van der Waals surface area contributed by atoms with Gasteiger partial charge >= 0.3 is 0 Å². The molecule has 0 saturated carbocycles. The fraction of sp³-hybridized carbons (Fsp3) is 0.455. The predicted octanol–water partition coefficient (Wildman–Crippen LogP) is 1.97. The van der Waals surface area contributed by atoms with Crippen LogP contribution in [0.15, 0.2) is 24.3 Å². The molecule has 0 unspecified atom stereocenters. The summed E-state index contributed by atoms with van der Waals surface area (Å²) in [5.41, 5.74) is 7.01. The van der Waals surface area contributed by atoms with E-state index in [9.17, 15) is 5.11 Å². The van der Waals surface area contributed by atoms with Crippen molar-refractivity contribution in [2.45, 2.75) is 32.3 Å². The maximum absolute atomic E-state index is 9.52. The highest BCUT2D eigenvalue weighted by molar-refractivity contribution is 5.40. The lowest BCUT2D eigenvalue weighted by atomic mass is 9.99. The third kappa shape index (κ3) is 3.95. The van der Waals surface area contributed by atoms with Crippen molar-refractivity contribution >= 4 is 5.69 Å². The lowest BCUT2D eigenvalue weighted by Gasteiger charge is -2.16. The number of nitrogens with two attached hydrogens (primary N) is 1. The molecule has 0 aliphatic rings. The van der Waals surface area contributed by atoms with Gasteiger partial charge in [0.05, 0.1) is 5.60 Å². The molecule has 0 saturated heterocycles. The molecule has 2 heteroatoms. The highest BCUT2D eigenvalue weighted by Crippen LogP contribution is 2.14. The van der Waals surface area contributed by atoms with Gasteiger partial charge in [-0.3, -0.25) is 0 Å². The van der Waals surface area contributed by atoms with Gasteiger partial charge in [-0.1, -0.05) is 12.1 Å². The van der Waals surface area contributed by atoms with Gasteiger partial charge in [-0.2, -0.15) is 0 Å². The van der Waals surface area contributed by atoms with Crippen LogP contribution in [0.5, 0.6) is 0 Å². The lowest BCUT2D eigenvalue weighted by Crippen LogP contribution is -2.19. The molecule has 1 aromatic carbocycles. The lowest BCUT2D eigenvalue weighted by molar-refractivity contribution is 0.0714. The van der Waals surface area contributed by atoms with Gasteiger partial charge in [0, 0.05) is 5.69 Å². The van der Waals surface area contributed by atoms with Crippen molar-refractivity contribution in [3.8, 4) is 0 Å². The molecule has 0 aliphatic carbocycles. The predicted molar refractivity (Wildman–Crippen MR) is 55.5 cm³/mol. The van der Waals surface area contributed by atoms with Gasteiger partial charge in [0.2, 0.25) is 0 Å². The smallest absolute Gasteiger partial charge is 0.0594 e. The molecule has 0 aliphatic heterocycles. The molecule has 13 heavy (non-hydrogen) atoms. The first kappa shape index (κ1) is 10.1. The van der Waals surface area contributed by atoms with Crippen LogP contribution in [0.2, 0.25) is 0 Å². The van der Waals surface area contributed by atoms with Crippen molar-refractivity contribution in [2.75, 3.05) is 5.73 Å². The van der Waals surface area contributed by atoms with Crippen molar-refractivity contribution in [1.82, 2.24) is 0 Å². The van der Waals surface area contributed by atoms with Crippen molar-refractivity contribution in [1.29, 1.82) is 0 Å². The molecule has 0 atom stereocenters. The number of hydrogen-bond acceptors (Lipinski definition) is 2. The highest BCUT2D eigenvalue weighted by atomic mass is 16.3. The minimum absolute atomic E-state index is 0.593. The fourth-order valence-electron chi connectivity index (χ4n) is 1.20. The Kier molecular flexibility index (Phi) is 2.94. The summed E-state index contributed by atoms with van der Waals surface area (Å²) < 4.78 is 0. The number of aryl methyl sites for hydroxylation is 1. The molecule has 0 aromatic heterocycles. The van der Waals surface area contributed by atoms with Crippen LogP contribution >= 0.6 is 0 Å². The molecule has 0 heterocycles. The molecular weight excluding hydrogens is 162 g/mol. The summed E-state index contributed by atoms with van der Waals surface area (Å²) in [5, 5.41) is 9.52. The minimum Gasteiger partial charge on any atom is -0.399 e. The number of anilines is 1. The molecule has 72 valence electrons. The number of hydrogen-bond donors (Lipinski definition) is 2. The van der Waals surface area contributed by atoms with Crippen LogP contribution in [-0.2, 0) is 6.42 Å². The molecule has 0 bridgehead atoms. The molecule has 1 rings (SSSR count). The zero-order valence-electron chi connectivity index (χ0n) is 8.25. The topological polar surface area (TPSA) is 46.2 Å². The SMILES string of the molecule is CC(C)(O)CCc1cccc(N)c1. The van der Waals surface area contributed by atoms with Gasteiger partial charge < -0.3 is 10.8 Å². The van der Waals surface area contributed by atoms with E-state index in [1.165, 1.54) is 5.56 Å². The van der Waals surface area contributed by atoms with Gasteiger partial charge in [0.25, 0.3) is 0 Å². The van der Waals surface area contributed by atoms with Crippen molar-refractivity contribution in [2.24, 2.45) is 0 Å². The quantitative estimate of drug-likeness (QED) is 0.697. The molecule has 0 amide bonds. The van der Waals surface area contributed by atoms with Crippen molar-refractivity contribution < 1.29 is 5.11 Å². The summed E-state index contributed by atoms with van der Waals surface area (Å²) in [7, 11) is 0. The van der Waals surface area contributed by atoms with Gasteiger partial charge in [-0.05, 0) is 44.4 Å². The average Bonchev–Trinajstić information content (AvgIpc) is 2.00. The van der Waals surface area contributed by atoms with Crippen LogP contribution in [0.4, 0.5) is 5.69 Å². The first-order valence-electron chi connectivity index (χ1n) is 4.54. The molecule has 0 spiro atoms.